The Hall–Kier alpha value is -3.39. The average molecular weight is 462 g/mol. The first-order valence-electron chi connectivity index (χ1n) is 11.5. The Labute approximate surface area is 200 Å². The molecule has 0 unspecified atom stereocenters. The lowest BCUT2D eigenvalue weighted by Gasteiger charge is -2.24. The molecule has 7 nitrogen and oxygen atoms in total. The van der Waals surface area contributed by atoms with E-state index in [0.29, 0.717) is 32.1 Å². The van der Waals surface area contributed by atoms with E-state index in [-0.39, 0.29) is 6.61 Å². The molecule has 0 saturated carbocycles. The number of hydrogen-bond acceptors (Lipinski definition) is 6. The summed E-state index contributed by atoms with van der Waals surface area (Å²) in [4.78, 5) is 2.13. The number of benzene rings is 2. The molecule has 0 fully saturated rings. The summed E-state index contributed by atoms with van der Waals surface area (Å²) >= 11 is 0. The molecule has 178 valence electrons. The molecule has 0 bridgehead atoms. The second-order valence-electron chi connectivity index (χ2n) is 8.10. The molecule has 0 spiro atoms. The van der Waals surface area contributed by atoms with E-state index in [4.69, 9.17) is 19.0 Å². The summed E-state index contributed by atoms with van der Waals surface area (Å²) in [6.45, 7) is 4.20. The van der Waals surface area contributed by atoms with Crippen LogP contribution in [0.5, 0.6) is 11.6 Å². The highest BCUT2D eigenvalue weighted by molar-refractivity contribution is 5.65. The Kier molecular flexibility index (Phi) is 8.14. The van der Waals surface area contributed by atoms with E-state index in [9.17, 15) is 5.11 Å². The summed E-state index contributed by atoms with van der Waals surface area (Å²) in [6.07, 6.45) is 1.03. The Bertz CT molecular complexity index is 1130. The number of aryl methyl sites for hydroxylation is 1. The summed E-state index contributed by atoms with van der Waals surface area (Å²) in [6, 6.07) is 23.6. The van der Waals surface area contributed by atoms with Crippen LogP contribution in [0.25, 0.3) is 11.3 Å². The van der Waals surface area contributed by atoms with Gasteiger partial charge in [-0.2, -0.15) is 5.10 Å². The second kappa shape index (κ2) is 11.7. The first-order chi connectivity index (χ1) is 16.6. The van der Waals surface area contributed by atoms with Crippen LogP contribution >= 0.6 is 0 Å². The minimum Gasteiger partial charge on any atom is -0.468 e. The molecule has 0 amide bonds. The molecule has 34 heavy (non-hydrogen) atoms. The molecule has 0 aliphatic heterocycles. The standard InChI is InChI=1S/C27H31N3O4/c1-3-32-20-22(31)17-30(18-24-15-10-16-33-24)19-25-26(21-11-6-4-7-12-21)28-29(2)27(25)34-23-13-8-5-9-14-23/h4-16,22,31H,3,17-20H2,1-2H3/t22-/m0/s1. The molecule has 1 atom stereocenters. The fraction of sp³-hybridized carbons (Fsp3) is 0.296. The highest BCUT2D eigenvalue weighted by Gasteiger charge is 2.24. The molecule has 4 aromatic rings. The summed E-state index contributed by atoms with van der Waals surface area (Å²) in [7, 11) is 1.88. The van der Waals surface area contributed by atoms with Gasteiger partial charge in [0.15, 0.2) is 0 Å². The van der Waals surface area contributed by atoms with Gasteiger partial charge in [0.05, 0.1) is 31.1 Å². The third-order valence-corrected chi connectivity index (χ3v) is 5.42. The van der Waals surface area contributed by atoms with Crippen LogP contribution in [-0.2, 0) is 24.9 Å². The number of para-hydroxylation sites is 1. The maximum Gasteiger partial charge on any atom is 0.222 e. The van der Waals surface area contributed by atoms with Crippen molar-refractivity contribution < 1.29 is 19.0 Å². The third kappa shape index (κ3) is 6.14. The summed E-state index contributed by atoms with van der Waals surface area (Å²) in [5.74, 6) is 2.22. The minimum atomic E-state index is -0.634. The smallest absolute Gasteiger partial charge is 0.222 e. The SMILES string of the molecule is CCOC[C@@H](O)CN(Cc1ccco1)Cc1c(-c2ccccc2)nn(C)c1Oc1ccccc1. The van der Waals surface area contributed by atoms with Gasteiger partial charge in [0.2, 0.25) is 5.88 Å². The number of ether oxygens (including phenoxy) is 2. The van der Waals surface area contributed by atoms with Crippen LogP contribution in [-0.4, -0.2) is 45.6 Å². The van der Waals surface area contributed by atoms with Crippen molar-refractivity contribution in [1.82, 2.24) is 14.7 Å². The van der Waals surface area contributed by atoms with Crippen molar-refractivity contribution in [3.63, 3.8) is 0 Å². The number of aliphatic hydroxyl groups is 1. The van der Waals surface area contributed by atoms with E-state index in [2.05, 4.69) is 4.90 Å². The predicted molar refractivity (Wildman–Crippen MR) is 130 cm³/mol. The van der Waals surface area contributed by atoms with Gasteiger partial charge >= 0.3 is 0 Å². The quantitative estimate of drug-likeness (QED) is 0.324. The molecule has 2 heterocycles. The maximum atomic E-state index is 10.6. The minimum absolute atomic E-state index is 0.275. The number of rotatable bonds is 12. The lowest BCUT2D eigenvalue weighted by atomic mass is 10.1. The van der Waals surface area contributed by atoms with E-state index >= 15 is 0 Å². The van der Waals surface area contributed by atoms with Crippen LogP contribution in [0.4, 0.5) is 0 Å². The third-order valence-electron chi connectivity index (χ3n) is 5.42. The van der Waals surface area contributed by atoms with Gasteiger partial charge in [0, 0.05) is 32.3 Å². The van der Waals surface area contributed by atoms with E-state index in [1.165, 1.54) is 0 Å². The zero-order valence-corrected chi connectivity index (χ0v) is 19.6. The molecule has 2 aromatic heterocycles. The number of nitrogens with zero attached hydrogens (tertiary/aromatic N) is 3. The van der Waals surface area contributed by atoms with Crippen LogP contribution in [0, 0.1) is 0 Å². The molecule has 0 radical (unpaired) electrons. The molecule has 2 aromatic carbocycles. The van der Waals surface area contributed by atoms with Crippen LogP contribution in [0.1, 0.15) is 18.2 Å². The van der Waals surface area contributed by atoms with Gasteiger partial charge in [-0.1, -0.05) is 48.5 Å². The van der Waals surface area contributed by atoms with E-state index in [1.807, 2.05) is 86.8 Å². The molecule has 1 N–H and O–H groups in total. The average Bonchev–Trinajstić information content (AvgIpc) is 3.47. The van der Waals surface area contributed by atoms with Crippen molar-refractivity contribution in [3.8, 4) is 22.9 Å². The molecule has 7 heteroatoms. The van der Waals surface area contributed by atoms with Gasteiger partial charge in [0.25, 0.3) is 0 Å². The topological polar surface area (TPSA) is 72.9 Å². The molecule has 4 rings (SSSR count). The summed E-state index contributed by atoms with van der Waals surface area (Å²) < 4.78 is 19.1. The Balaban J connectivity index is 1.69. The van der Waals surface area contributed by atoms with Crippen molar-refractivity contribution in [2.75, 3.05) is 19.8 Å². The maximum absolute atomic E-state index is 10.6. The Morgan fingerprint density at radius 1 is 1.00 bits per heavy atom. The van der Waals surface area contributed by atoms with E-state index < -0.39 is 6.10 Å². The second-order valence-corrected chi connectivity index (χ2v) is 8.10. The monoisotopic (exact) mass is 461 g/mol. The molecule has 0 saturated heterocycles. The van der Waals surface area contributed by atoms with Gasteiger partial charge in [0.1, 0.15) is 17.2 Å². The zero-order chi connectivity index (χ0) is 23.8. The molecule has 0 aliphatic rings. The number of aromatic nitrogens is 2. The van der Waals surface area contributed by atoms with Crippen molar-refractivity contribution in [2.24, 2.45) is 7.05 Å². The van der Waals surface area contributed by atoms with Crippen LogP contribution in [0.3, 0.4) is 0 Å². The Morgan fingerprint density at radius 3 is 2.41 bits per heavy atom. The largest absolute Gasteiger partial charge is 0.468 e. The Morgan fingerprint density at radius 2 is 1.74 bits per heavy atom. The molecular formula is C27H31N3O4. The van der Waals surface area contributed by atoms with Crippen molar-refractivity contribution in [1.29, 1.82) is 0 Å². The number of aliphatic hydroxyl groups excluding tert-OH is 1. The molecule has 0 aliphatic carbocycles. The molecular weight excluding hydrogens is 430 g/mol. The predicted octanol–water partition coefficient (Wildman–Crippen LogP) is 4.87. The van der Waals surface area contributed by atoms with Crippen LogP contribution in [0.15, 0.2) is 83.5 Å². The number of hydrogen-bond donors (Lipinski definition) is 1. The van der Waals surface area contributed by atoms with Crippen LogP contribution in [0.2, 0.25) is 0 Å². The summed E-state index contributed by atoms with van der Waals surface area (Å²) in [5.41, 5.74) is 2.79. The van der Waals surface area contributed by atoms with E-state index in [0.717, 1.165) is 28.3 Å². The normalized spacial score (nSPS) is 12.2. The number of furan rings is 1. The highest BCUT2D eigenvalue weighted by Crippen LogP contribution is 2.34. The lowest BCUT2D eigenvalue weighted by molar-refractivity contribution is 0.0167. The first-order valence-corrected chi connectivity index (χ1v) is 11.5. The van der Waals surface area contributed by atoms with Gasteiger partial charge in [-0.05, 0) is 31.2 Å². The fourth-order valence-electron chi connectivity index (χ4n) is 3.89. The lowest BCUT2D eigenvalue weighted by Crippen LogP contribution is -2.34. The zero-order valence-electron chi connectivity index (χ0n) is 19.6. The summed E-state index contributed by atoms with van der Waals surface area (Å²) in [5, 5.41) is 15.4. The van der Waals surface area contributed by atoms with Gasteiger partial charge in [-0.3, -0.25) is 4.90 Å². The highest BCUT2D eigenvalue weighted by atomic mass is 16.5. The van der Waals surface area contributed by atoms with Crippen molar-refractivity contribution in [3.05, 3.63) is 90.4 Å². The first kappa shape index (κ1) is 23.8. The van der Waals surface area contributed by atoms with Gasteiger partial charge < -0.3 is 19.0 Å². The van der Waals surface area contributed by atoms with Gasteiger partial charge in [-0.15, -0.1) is 0 Å². The van der Waals surface area contributed by atoms with Crippen molar-refractivity contribution >= 4 is 0 Å². The van der Waals surface area contributed by atoms with Crippen LogP contribution < -0.4 is 4.74 Å². The van der Waals surface area contributed by atoms with Gasteiger partial charge in [-0.25, -0.2) is 4.68 Å². The van der Waals surface area contributed by atoms with E-state index in [1.54, 1.807) is 10.9 Å². The fourth-order valence-corrected chi connectivity index (χ4v) is 3.89. The van der Waals surface area contributed by atoms with Crippen molar-refractivity contribution in [2.45, 2.75) is 26.1 Å².